The average Bonchev–Trinajstić information content (AvgIpc) is 2.51. The Morgan fingerprint density at radius 3 is 1.45 bits per heavy atom. The number of carboxylic acid groups (broad SMARTS) is 2. The molecule has 1 aliphatic rings. The van der Waals surface area contributed by atoms with Gasteiger partial charge in [-0.05, 0) is 12.1 Å². The second kappa shape index (κ2) is 4.63. The number of rotatable bonds is 2. The first-order valence-corrected chi connectivity index (χ1v) is 6.25. The molecule has 0 bridgehead atoms. The SMILES string of the molecule is O=C(O)c1cccc2c1C(=O)c1c(C(=O)O)cccc1C2=O. The molecule has 0 unspecified atom stereocenters. The normalized spacial score (nSPS) is 12.5. The van der Waals surface area contributed by atoms with Crippen molar-refractivity contribution in [3.05, 3.63) is 69.8 Å². The van der Waals surface area contributed by atoms with Gasteiger partial charge in [-0.3, -0.25) is 9.59 Å². The van der Waals surface area contributed by atoms with Gasteiger partial charge in [-0.15, -0.1) is 0 Å². The highest BCUT2D eigenvalue weighted by Gasteiger charge is 2.35. The molecule has 0 aromatic heterocycles. The van der Waals surface area contributed by atoms with E-state index in [1.807, 2.05) is 0 Å². The number of fused-ring (bicyclic) bond motifs is 2. The van der Waals surface area contributed by atoms with Crippen LogP contribution in [0.5, 0.6) is 0 Å². The molecule has 108 valence electrons. The first-order chi connectivity index (χ1) is 10.4. The third kappa shape index (κ3) is 1.74. The summed E-state index contributed by atoms with van der Waals surface area (Å²) in [6, 6.07) is 7.89. The molecule has 0 radical (unpaired) electrons. The maximum Gasteiger partial charge on any atom is 0.336 e. The number of aromatic carboxylic acids is 2. The molecule has 2 aromatic carbocycles. The molecule has 0 saturated heterocycles. The van der Waals surface area contributed by atoms with Crippen molar-refractivity contribution in [2.75, 3.05) is 0 Å². The van der Waals surface area contributed by atoms with Crippen molar-refractivity contribution in [2.24, 2.45) is 0 Å². The number of carbonyl (C=O) groups excluding carboxylic acids is 2. The summed E-state index contributed by atoms with van der Waals surface area (Å²) < 4.78 is 0. The number of carbonyl (C=O) groups is 4. The fraction of sp³-hybridized carbons (Fsp3) is 0. The fourth-order valence-electron chi connectivity index (χ4n) is 2.60. The summed E-state index contributed by atoms with van der Waals surface area (Å²) in [7, 11) is 0. The minimum atomic E-state index is -1.35. The van der Waals surface area contributed by atoms with Crippen LogP contribution in [0.25, 0.3) is 0 Å². The molecule has 6 nitrogen and oxygen atoms in total. The largest absolute Gasteiger partial charge is 0.478 e. The first kappa shape index (κ1) is 13.7. The van der Waals surface area contributed by atoms with Gasteiger partial charge in [-0.2, -0.15) is 0 Å². The highest BCUT2D eigenvalue weighted by Crippen LogP contribution is 2.31. The Hall–Kier alpha value is -3.28. The number of hydrogen-bond donors (Lipinski definition) is 2. The van der Waals surface area contributed by atoms with Gasteiger partial charge in [-0.25, -0.2) is 9.59 Å². The highest BCUT2D eigenvalue weighted by atomic mass is 16.4. The van der Waals surface area contributed by atoms with Gasteiger partial charge in [0.2, 0.25) is 0 Å². The average molecular weight is 296 g/mol. The monoisotopic (exact) mass is 296 g/mol. The molecule has 2 N–H and O–H groups in total. The van der Waals surface area contributed by atoms with E-state index in [4.69, 9.17) is 0 Å². The van der Waals surface area contributed by atoms with Gasteiger partial charge < -0.3 is 10.2 Å². The van der Waals surface area contributed by atoms with Gasteiger partial charge in [-0.1, -0.05) is 24.3 Å². The van der Waals surface area contributed by atoms with Gasteiger partial charge >= 0.3 is 11.9 Å². The molecule has 2 aromatic rings. The highest BCUT2D eigenvalue weighted by molar-refractivity contribution is 6.32. The van der Waals surface area contributed by atoms with E-state index in [9.17, 15) is 29.4 Å². The molecule has 0 spiro atoms. The van der Waals surface area contributed by atoms with Crippen molar-refractivity contribution in [1.82, 2.24) is 0 Å². The number of benzene rings is 2. The van der Waals surface area contributed by atoms with E-state index >= 15 is 0 Å². The van der Waals surface area contributed by atoms with Gasteiger partial charge in [0, 0.05) is 22.3 Å². The zero-order chi connectivity index (χ0) is 16.0. The molecule has 0 heterocycles. The fourth-order valence-corrected chi connectivity index (χ4v) is 2.60. The van der Waals surface area contributed by atoms with Gasteiger partial charge in [0.25, 0.3) is 0 Å². The zero-order valence-corrected chi connectivity index (χ0v) is 11.0. The molecule has 0 amide bonds. The van der Waals surface area contributed by atoms with E-state index in [0.29, 0.717) is 0 Å². The Kier molecular flexibility index (Phi) is 2.88. The summed E-state index contributed by atoms with van der Waals surface area (Å²) in [4.78, 5) is 47.6. The van der Waals surface area contributed by atoms with Gasteiger partial charge in [0.15, 0.2) is 11.6 Å². The van der Waals surface area contributed by atoms with E-state index in [-0.39, 0.29) is 33.4 Å². The molecule has 6 heteroatoms. The third-order valence-electron chi connectivity index (χ3n) is 3.53. The van der Waals surface area contributed by atoms with Crippen molar-refractivity contribution in [3.63, 3.8) is 0 Å². The van der Waals surface area contributed by atoms with E-state index in [0.717, 1.165) is 0 Å². The zero-order valence-electron chi connectivity index (χ0n) is 11.0. The number of carboxylic acids is 2. The van der Waals surface area contributed by atoms with Crippen LogP contribution in [0.15, 0.2) is 36.4 Å². The Morgan fingerprint density at radius 2 is 1.09 bits per heavy atom. The molecule has 0 aliphatic heterocycles. The van der Waals surface area contributed by atoms with Crippen LogP contribution in [0.4, 0.5) is 0 Å². The summed E-state index contributed by atoms with van der Waals surface area (Å²) >= 11 is 0. The Bertz CT molecular complexity index is 809. The maximum atomic E-state index is 12.6. The number of hydrogen-bond acceptors (Lipinski definition) is 4. The van der Waals surface area contributed by atoms with Gasteiger partial charge in [0.05, 0.1) is 11.1 Å². The lowest BCUT2D eigenvalue weighted by Crippen LogP contribution is -2.26. The van der Waals surface area contributed by atoms with Crippen molar-refractivity contribution < 1.29 is 29.4 Å². The van der Waals surface area contributed by atoms with Crippen LogP contribution < -0.4 is 0 Å². The molecular formula is C16H8O6. The summed E-state index contributed by atoms with van der Waals surface area (Å²) in [6.07, 6.45) is 0. The Labute approximate surface area is 123 Å². The molecule has 0 saturated carbocycles. The van der Waals surface area contributed by atoms with Crippen molar-refractivity contribution in [1.29, 1.82) is 0 Å². The quantitative estimate of drug-likeness (QED) is 0.747. The minimum Gasteiger partial charge on any atom is -0.478 e. The number of ketones is 2. The lowest BCUT2D eigenvalue weighted by atomic mass is 9.80. The standard InChI is InChI=1S/C16H8O6/c17-13-7-3-1-5-9(15(19)20)11(7)14(18)12-8(13)4-2-6-10(12)16(21)22/h1-6H,(H,19,20)(H,21,22). The van der Waals surface area contributed by atoms with Crippen LogP contribution >= 0.6 is 0 Å². The summed E-state index contributed by atoms with van der Waals surface area (Å²) in [5, 5.41) is 18.4. The lowest BCUT2D eigenvalue weighted by Gasteiger charge is -2.20. The van der Waals surface area contributed by atoms with Gasteiger partial charge in [0.1, 0.15) is 0 Å². The maximum absolute atomic E-state index is 12.6. The summed E-state index contributed by atoms with van der Waals surface area (Å²) in [5.41, 5.74) is -1.22. The molecule has 22 heavy (non-hydrogen) atoms. The van der Waals surface area contributed by atoms with E-state index in [1.165, 1.54) is 36.4 Å². The molecular weight excluding hydrogens is 288 g/mol. The predicted octanol–water partition coefficient (Wildman–Crippen LogP) is 1.86. The smallest absolute Gasteiger partial charge is 0.336 e. The molecule has 3 rings (SSSR count). The van der Waals surface area contributed by atoms with Crippen LogP contribution in [0.1, 0.15) is 52.6 Å². The first-order valence-electron chi connectivity index (χ1n) is 6.25. The Morgan fingerprint density at radius 1 is 0.682 bits per heavy atom. The van der Waals surface area contributed by atoms with Crippen LogP contribution in [0.2, 0.25) is 0 Å². The van der Waals surface area contributed by atoms with Crippen molar-refractivity contribution >= 4 is 23.5 Å². The Balaban J connectivity index is 2.39. The second-order valence-corrected chi connectivity index (χ2v) is 4.72. The van der Waals surface area contributed by atoms with Crippen LogP contribution in [0.3, 0.4) is 0 Å². The van der Waals surface area contributed by atoms with Crippen LogP contribution in [0, 0.1) is 0 Å². The topological polar surface area (TPSA) is 109 Å². The van der Waals surface area contributed by atoms with E-state index in [2.05, 4.69) is 0 Å². The second-order valence-electron chi connectivity index (χ2n) is 4.72. The summed E-state index contributed by atoms with van der Waals surface area (Å²) in [5.74, 6) is -4.03. The van der Waals surface area contributed by atoms with Crippen LogP contribution in [-0.4, -0.2) is 33.7 Å². The van der Waals surface area contributed by atoms with Crippen LogP contribution in [-0.2, 0) is 0 Å². The third-order valence-corrected chi connectivity index (χ3v) is 3.53. The molecule has 0 atom stereocenters. The van der Waals surface area contributed by atoms with E-state index < -0.39 is 23.5 Å². The van der Waals surface area contributed by atoms with Crippen molar-refractivity contribution in [2.45, 2.75) is 0 Å². The van der Waals surface area contributed by atoms with E-state index in [1.54, 1.807) is 0 Å². The molecule has 0 fully saturated rings. The minimum absolute atomic E-state index is 0.0278. The summed E-state index contributed by atoms with van der Waals surface area (Å²) in [6.45, 7) is 0. The molecule has 1 aliphatic carbocycles. The predicted molar refractivity (Wildman–Crippen MR) is 73.7 cm³/mol. The lowest BCUT2D eigenvalue weighted by molar-refractivity contribution is 0.0686. The van der Waals surface area contributed by atoms with Crippen molar-refractivity contribution in [3.8, 4) is 0 Å².